The molecule has 10 nitrogen and oxygen atoms in total. The van der Waals surface area contributed by atoms with Crippen molar-refractivity contribution in [3.63, 3.8) is 0 Å². The third kappa shape index (κ3) is 7.07. The van der Waals surface area contributed by atoms with E-state index in [0.717, 1.165) is 21.9 Å². The van der Waals surface area contributed by atoms with Crippen LogP contribution in [0.15, 0.2) is 60.8 Å². The number of hydrogen-bond donors (Lipinski definition) is 2. The Morgan fingerprint density at radius 1 is 1.16 bits per heavy atom. The van der Waals surface area contributed by atoms with Crippen molar-refractivity contribution in [2.45, 2.75) is 62.3 Å². The van der Waals surface area contributed by atoms with Gasteiger partial charge in [-0.1, -0.05) is 35.9 Å². The molecule has 3 aromatic rings. The highest BCUT2D eigenvalue weighted by molar-refractivity contribution is 6.31. The number of hydrogen-bond acceptors (Lipinski definition) is 8. The Bertz CT molecular complexity index is 1630. The highest BCUT2D eigenvalue weighted by Crippen LogP contribution is 2.40. The summed E-state index contributed by atoms with van der Waals surface area (Å²) in [6, 6.07) is 9.46. The Balaban J connectivity index is 1.63. The van der Waals surface area contributed by atoms with Gasteiger partial charge in [-0.2, -0.15) is 5.26 Å². The van der Waals surface area contributed by atoms with Gasteiger partial charge in [-0.05, 0) is 37.1 Å². The lowest BCUT2D eigenvalue weighted by Crippen LogP contribution is -2.56. The van der Waals surface area contributed by atoms with Crippen LogP contribution in [0.3, 0.4) is 0 Å². The second-order valence-corrected chi connectivity index (χ2v) is 10.9. The Kier molecular flexibility index (Phi) is 8.81. The van der Waals surface area contributed by atoms with Crippen molar-refractivity contribution >= 4 is 35.1 Å². The maximum Gasteiger partial charge on any atom is 0.573 e. The van der Waals surface area contributed by atoms with Gasteiger partial charge in [0.15, 0.2) is 0 Å². The maximum atomic E-state index is 14.6. The number of carbonyl (C=O) groups excluding carboxylic acids is 2. The van der Waals surface area contributed by atoms with Crippen LogP contribution < -0.4 is 19.9 Å². The van der Waals surface area contributed by atoms with Gasteiger partial charge in [-0.3, -0.25) is 14.5 Å². The van der Waals surface area contributed by atoms with E-state index < -0.39 is 67.0 Å². The second kappa shape index (κ2) is 12.4. The minimum Gasteiger partial charge on any atom is -0.406 e. The molecule has 45 heavy (non-hydrogen) atoms. The molecule has 1 aliphatic heterocycles. The van der Waals surface area contributed by atoms with E-state index in [1.54, 1.807) is 6.07 Å². The van der Waals surface area contributed by atoms with Crippen LogP contribution in [0.25, 0.3) is 0 Å². The van der Waals surface area contributed by atoms with E-state index in [4.69, 9.17) is 11.6 Å². The number of nitrogens with one attached hydrogen (secondary N) is 1. The molecule has 236 valence electrons. The van der Waals surface area contributed by atoms with Crippen molar-refractivity contribution in [2.24, 2.45) is 0 Å². The van der Waals surface area contributed by atoms with Crippen LogP contribution in [-0.2, 0) is 9.59 Å². The molecule has 1 saturated carbocycles. The lowest BCUT2D eigenvalue weighted by molar-refractivity contribution is -0.274. The fourth-order valence-electron chi connectivity index (χ4n) is 5.38. The first-order valence-corrected chi connectivity index (χ1v) is 14.0. The third-order valence-corrected chi connectivity index (χ3v) is 7.68. The molecule has 1 aromatic heterocycles. The Morgan fingerprint density at radius 3 is 2.56 bits per heavy atom. The summed E-state index contributed by atoms with van der Waals surface area (Å²) in [6.45, 7) is 0. The minimum atomic E-state index is -5.09. The van der Waals surface area contributed by atoms with Crippen LogP contribution in [-0.4, -0.2) is 57.5 Å². The van der Waals surface area contributed by atoms with Gasteiger partial charge in [0, 0.05) is 47.4 Å². The molecule has 2 fully saturated rings. The van der Waals surface area contributed by atoms with E-state index >= 15 is 0 Å². The summed E-state index contributed by atoms with van der Waals surface area (Å²) >= 11 is 6.48. The number of aromatic nitrogens is 2. The SMILES string of the molecule is N#Cc1ccnc(N2C(O)CC[C@H]2C(=O)N(c2cccc(OC(F)(F)F)c2)C(C(=O)NC2CC(F)(F)C2)c2ccccc2Cl)n1. The molecule has 0 spiro atoms. The second-order valence-electron chi connectivity index (χ2n) is 10.5. The van der Waals surface area contributed by atoms with Crippen LogP contribution in [0, 0.1) is 11.3 Å². The van der Waals surface area contributed by atoms with Crippen molar-refractivity contribution in [3.05, 3.63) is 77.1 Å². The number of anilines is 2. The van der Waals surface area contributed by atoms with Gasteiger partial charge in [0.05, 0.1) is 0 Å². The number of benzene rings is 2. The highest BCUT2D eigenvalue weighted by atomic mass is 35.5. The van der Waals surface area contributed by atoms with E-state index in [1.807, 2.05) is 6.07 Å². The van der Waals surface area contributed by atoms with Crippen molar-refractivity contribution in [2.75, 3.05) is 9.80 Å². The summed E-state index contributed by atoms with van der Waals surface area (Å²) in [4.78, 5) is 38.7. The smallest absolute Gasteiger partial charge is 0.406 e. The molecule has 2 heterocycles. The molecule has 1 aliphatic carbocycles. The van der Waals surface area contributed by atoms with Gasteiger partial charge in [0.25, 0.3) is 11.8 Å². The van der Waals surface area contributed by atoms with Crippen molar-refractivity contribution in [1.82, 2.24) is 15.3 Å². The maximum absolute atomic E-state index is 14.6. The summed E-state index contributed by atoms with van der Waals surface area (Å²) in [5.41, 5.74) is -0.246. The van der Waals surface area contributed by atoms with Gasteiger partial charge >= 0.3 is 6.36 Å². The zero-order chi connectivity index (χ0) is 32.5. The summed E-state index contributed by atoms with van der Waals surface area (Å²) in [6.07, 6.45) is -6.42. The van der Waals surface area contributed by atoms with E-state index in [1.165, 1.54) is 42.6 Å². The van der Waals surface area contributed by atoms with Crippen LogP contribution >= 0.6 is 11.6 Å². The monoisotopic (exact) mass is 650 g/mol. The van der Waals surface area contributed by atoms with Crippen LogP contribution in [0.5, 0.6) is 5.75 Å². The fraction of sp³-hybridized carbons (Fsp3) is 0.345. The number of halogens is 6. The van der Waals surface area contributed by atoms with Gasteiger partial charge in [0.2, 0.25) is 11.9 Å². The van der Waals surface area contributed by atoms with Gasteiger partial charge in [0.1, 0.15) is 35.8 Å². The molecule has 1 saturated heterocycles. The first-order chi connectivity index (χ1) is 21.3. The Labute approximate surface area is 258 Å². The van der Waals surface area contributed by atoms with Crippen molar-refractivity contribution < 1.29 is 41.4 Å². The van der Waals surface area contributed by atoms with E-state index in [9.17, 15) is 41.9 Å². The van der Waals surface area contributed by atoms with Crippen molar-refractivity contribution in [1.29, 1.82) is 5.26 Å². The Hall–Kier alpha value is -4.55. The fourth-order valence-corrected chi connectivity index (χ4v) is 5.61. The molecule has 2 N–H and O–H groups in total. The normalized spacial score (nSPS) is 20.1. The average molecular weight is 651 g/mol. The van der Waals surface area contributed by atoms with Crippen LogP contribution in [0.2, 0.25) is 5.02 Å². The first kappa shape index (κ1) is 31.9. The number of aliphatic hydroxyl groups is 1. The minimum absolute atomic E-state index is 0.00505. The summed E-state index contributed by atoms with van der Waals surface area (Å²) in [7, 11) is 0. The zero-order valence-corrected chi connectivity index (χ0v) is 23.8. The number of amides is 2. The number of ether oxygens (including phenoxy) is 1. The van der Waals surface area contributed by atoms with E-state index in [-0.39, 0.29) is 40.8 Å². The predicted octanol–water partition coefficient (Wildman–Crippen LogP) is 4.88. The Morgan fingerprint density at radius 2 is 1.89 bits per heavy atom. The molecule has 5 rings (SSSR count). The molecule has 3 atom stereocenters. The number of aliphatic hydroxyl groups excluding tert-OH is 1. The van der Waals surface area contributed by atoms with Crippen LogP contribution in [0.1, 0.15) is 43.0 Å². The molecule has 0 radical (unpaired) electrons. The quantitative estimate of drug-likeness (QED) is 0.330. The summed E-state index contributed by atoms with van der Waals surface area (Å²) in [5.74, 6) is -5.69. The zero-order valence-electron chi connectivity index (χ0n) is 23.1. The average Bonchev–Trinajstić information content (AvgIpc) is 3.35. The molecule has 16 heteroatoms. The number of carbonyl (C=O) groups is 2. The lowest BCUT2D eigenvalue weighted by atomic mass is 9.87. The van der Waals surface area contributed by atoms with E-state index in [2.05, 4.69) is 20.0 Å². The highest BCUT2D eigenvalue weighted by Gasteiger charge is 2.49. The number of nitrogens with zero attached hydrogens (tertiary/aromatic N) is 5. The van der Waals surface area contributed by atoms with Gasteiger partial charge < -0.3 is 20.1 Å². The summed E-state index contributed by atoms with van der Waals surface area (Å²) < 4.78 is 70.9. The molecule has 2 amide bonds. The van der Waals surface area contributed by atoms with E-state index in [0.29, 0.717) is 0 Å². The van der Waals surface area contributed by atoms with Gasteiger partial charge in [-0.15, -0.1) is 13.2 Å². The number of nitriles is 1. The number of rotatable bonds is 8. The van der Waals surface area contributed by atoms with Crippen LogP contribution in [0.4, 0.5) is 33.6 Å². The standard InChI is InChI=1S/C29H24ClF5N6O4/c30-21-7-2-1-6-20(21)24(25(43)38-17-13-28(31,32)14-17)40(18-4-3-5-19(12-18)45-29(33,34)35)26(44)22-8-9-23(42)41(22)27-37-11-10-16(15-36)39-27/h1-7,10-12,17,22-24,42H,8-9,13-14H2,(H,38,43)/t22-,23?,24?/m0/s1. The molecular weight excluding hydrogens is 627 g/mol. The molecule has 0 bridgehead atoms. The summed E-state index contributed by atoms with van der Waals surface area (Å²) in [5, 5.41) is 22.7. The van der Waals surface area contributed by atoms with Gasteiger partial charge in [-0.25, -0.2) is 18.7 Å². The molecular formula is C29H24ClF5N6O4. The predicted molar refractivity (Wildman–Crippen MR) is 149 cm³/mol. The topological polar surface area (TPSA) is 132 Å². The van der Waals surface area contributed by atoms with Crippen molar-refractivity contribution in [3.8, 4) is 11.8 Å². The molecule has 2 unspecified atom stereocenters. The number of alkyl halides is 5. The molecule has 2 aliphatic rings. The lowest BCUT2D eigenvalue weighted by Gasteiger charge is -2.39. The third-order valence-electron chi connectivity index (χ3n) is 7.34. The largest absolute Gasteiger partial charge is 0.573 e. The molecule has 2 aromatic carbocycles. The first-order valence-electron chi connectivity index (χ1n) is 13.6.